The summed E-state index contributed by atoms with van der Waals surface area (Å²) < 4.78 is 6.20. The van der Waals surface area contributed by atoms with Gasteiger partial charge in [-0.2, -0.15) is 4.98 Å². The Bertz CT molecular complexity index is 1140. The lowest BCUT2D eigenvalue weighted by Gasteiger charge is -2.30. The van der Waals surface area contributed by atoms with Crippen LogP contribution < -0.4 is 14.5 Å². The van der Waals surface area contributed by atoms with Gasteiger partial charge in [-0.3, -0.25) is 0 Å². The third-order valence-corrected chi connectivity index (χ3v) is 7.98. The molecule has 3 heterocycles. The minimum absolute atomic E-state index is 0.634. The summed E-state index contributed by atoms with van der Waals surface area (Å²) in [5.74, 6) is 2.88. The molecule has 5 rings (SSSR count). The molecule has 1 aromatic heterocycles. The number of nitrogens with zero attached hydrogens (tertiary/aromatic N) is 5. The number of aryl methyl sites for hydroxylation is 1. The fourth-order valence-corrected chi connectivity index (χ4v) is 5.82. The molecule has 0 unspecified atom stereocenters. The van der Waals surface area contributed by atoms with Gasteiger partial charge in [-0.25, -0.2) is 4.98 Å². The average Bonchev–Trinajstić information content (AvgIpc) is 2.96. The first-order valence-corrected chi connectivity index (χ1v) is 14.9. The Hall–Kier alpha value is -2.86. The van der Waals surface area contributed by atoms with Crippen molar-refractivity contribution < 1.29 is 4.74 Å². The van der Waals surface area contributed by atoms with E-state index in [1.807, 2.05) is 6.07 Å². The van der Waals surface area contributed by atoms with Crippen LogP contribution in [0.3, 0.4) is 0 Å². The number of hydrogen-bond acceptors (Lipinski definition) is 6. The summed E-state index contributed by atoms with van der Waals surface area (Å²) in [7, 11) is 0. The van der Waals surface area contributed by atoms with E-state index in [4.69, 9.17) is 14.7 Å². The Kier molecular flexibility index (Phi) is 9.70. The van der Waals surface area contributed by atoms with Crippen LogP contribution in [0.4, 0.5) is 11.8 Å². The van der Waals surface area contributed by atoms with Gasteiger partial charge < -0.3 is 19.4 Å². The quantitative estimate of drug-likeness (QED) is 0.258. The maximum atomic E-state index is 6.20. The molecule has 2 fully saturated rings. The van der Waals surface area contributed by atoms with E-state index < -0.39 is 0 Å². The molecule has 6 nitrogen and oxygen atoms in total. The largest absolute Gasteiger partial charge is 0.492 e. The molecule has 0 bridgehead atoms. The van der Waals surface area contributed by atoms with Gasteiger partial charge in [-0.1, -0.05) is 37.1 Å². The smallest absolute Gasteiger partial charge is 0.227 e. The monoisotopic (exact) mass is 515 g/mol. The number of piperidine rings is 2. The summed E-state index contributed by atoms with van der Waals surface area (Å²) in [5, 5.41) is 1.14. The second kappa shape index (κ2) is 13.8. The number of hydrogen-bond donors (Lipinski definition) is 0. The summed E-state index contributed by atoms with van der Waals surface area (Å²) in [6.07, 6.45) is 11.6. The number of ether oxygens (including phenoxy) is 1. The highest BCUT2D eigenvalue weighted by molar-refractivity contribution is 5.90. The normalized spacial score (nSPS) is 16.6. The molecule has 2 aliphatic rings. The van der Waals surface area contributed by atoms with Crippen molar-refractivity contribution in [2.24, 2.45) is 0 Å². The molecule has 3 aromatic rings. The van der Waals surface area contributed by atoms with Gasteiger partial charge in [0.2, 0.25) is 5.95 Å². The molecule has 0 saturated carbocycles. The number of likely N-dealkylation sites (tertiary alicyclic amines) is 1. The Balaban J connectivity index is 1.30. The van der Waals surface area contributed by atoms with Crippen molar-refractivity contribution in [2.75, 3.05) is 62.2 Å². The first-order chi connectivity index (χ1) is 18.8. The topological polar surface area (TPSA) is 44.7 Å². The van der Waals surface area contributed by atoms with Crippen LogP contribution in [0.1, 0.15) is 63.4 Å². The molecular weight excluding hydrogens is 470 g/mol. The van der Waals surface area contributed by atoms with Gasteiger partial charge in [-0.15, -0.1) is 0 Å². The molecule has 6 heteroatoms. The minimum Gasteiger partial charge on any atom is -0.492 e. The number of unbranched alkanes of at least 4 members (excludes halogenated alkanes) is 2. The van der Waals surface area contributed by atoms with Crippen molar-refractivity contribution in [3.8, 4) is 5.75 Å². The highest BCUT2D eigenvalue weighted by Crippen LogP contribution is 2.28. The van der Waals surface area contributed by atoms with Crippen LogP contribution in [0.2, 0.25) is 0 Å². The zero-order valence-corrected chi connectivity index (χ0v) is 23.3. The van der Waals surface area contributed by atoms with Crippen molar-refractivity contribution in [3.63, 3.8) is 0 Å². The van der Waals surface area contributed by atoms with Crippen molar-refractivity contribution >= 4 is 22.7 Å². The predicted octanol–water partition coefficient (Wildman–Crippen LogP) is 6.47. The van der Waals surface area contributed by atoms with Crippen LogP contribution in [-0.4, -0.2) is 67.3 Å². The molecule has 0 N–H and O–H groups in total. The third-order valence-electron chi connectivity index (χ3n) is 7.98. The SMILES string of the molecule is Cc1cccc(OCCN(CCCCCN2CCCCC2)c2nc(N3CCCCC3)nc3ccccc23)c1. The highest BCUT2D eigenvalue weighted by Gasteiger charge is 2.19. The number of rotatable bonds is 12. The summed E-state index contributed by atoms with van der Waals surface area (Å²) >= 11 is 0. The Morgan fingerprint density at radius 1 is 0.789 bits per heavy atom. The van der Waals surface area contributed by atoms with Crippen molar-refractivity contribution in [1.82, 2.24) is 14.9 Å². The fraction of sp³-hybridized carbons (Fsp3) is 0.562. The minimum atomic E-state index is 0.634. The Morgan fingerprint density at radius 3 is 2.39 bits per heavy atom. The molecule has 204 valence electrons. The van der Waals surface area contributed by atoms with Crippen molar-refractivity contribution in [3.05, 3.63) is 54.1 Å². The van der Waals surface area contributed by atoms with Gasteiger partial charge >= 0.3 is 0 Å². The lowest BCUT2D eigenvalue weighted by Crippen LogP contribution is -2.34. The summed E-state index contributed by atoms with van der Waals surface area (Å²) in [5.41, 5.74) is 2.26. The number of benzene rings is 2. The molecule has 0 spiro atoms. The van der Waals surface area contributed by atoms with Crippen LogP contribution in [-0.2, 0) is 0 Å². The second-order valence-corrected chi connectivity index (χ2v) is 11.0. The molecule has 38 heavy (non-hydrogen) atoms. The fourth-order valence-electron chi connectivity index (χ4n) is 5.82. The van der Waals surface area contributed by atoms with Gasteiger partial charge in [0.1, 0.15) is 18.2 Å². The molecule has 0 atom stereocenters. The zero-order valence-electron chi connectivity index (χ0n) is 23.3. The van der Waals surface area contributed by atoms with Crippen LogP contribution in [0.15, 0.2) is 48.5 Å². The van der Waals surface area contributed by atoms with Gasteiger partial charge in [0.25, 0.3) is 0 Å². The van der Waals surface area contributed by atoms with Crippen LogP contribution in [0.25, 0.3) is 10.9 Å². The van der Waals surface area contributed by atoms with Crippen LogP contribution in [0.5, 0.6) is 5.75 Å². The number of fused-ring (bicyclic) bond motifs is 1. The lowest BCUT2D eigenvalue weighted by molar-refractivity contribution is 0.224. The maximum absolute atomic E-state index is 6.20. The lowest BCUT2D eigenvalue weighted by atomic mass is 10.1. The Labute approximate surface area is 229 Å². The van der Waals surface area contributed by atoms with E-state index in [1.165, 1.54) is 76.6 Å². The zero-order chi connectivity index (χ0) is 26.0. The van der Waals surface area contributed by atoms with Gasteiger partial charge in [0.15, 0.2) is 0 Å². The van der Waals surface area contributed by atoms with E-state index in [0.29, 0.717) is 6.61 Å². The standard InChI is InChI=1S/C32H45N5O/c1-27-14-13-15-28(26-27)38-25-24-36(21-10-3-9-20-35-18-7-2-8-19-35)31-29-16-5-6-17-30(29)33-32(34-31)37-22-11-4-12-23-37/h5-6,13-17,26H,2-4,7-12,18-25H2,1H3. The first-order valence-electron chi connectivity index (χ1n) is 14.9. The number of para-hydroxylation sites is 1. The molecule has 0 radical (unpaired) electrons. The average molecular weight is 516 g/mol. The highest BCUT2D eigenvalue weighted by atomic mass is 16.5. The van der Waals surface area contributed by atoms with E-state index in [2.05, 4.69) is 64.1 Å². The molecule has 2 saturated heterocycles. The summed E-state index contributed by atoms with van der Waals surface area (Å²) in [6, 6.07) is 16.8. The van der Waals surface area contributed by atoms with Gasteiger partial charge in [-0.05, 0) is 101 Å². The molecule has 2 aliphatic heterocycles. The first kappa shape index (κ1) is 26.7. The summed E-state index contributed by atoms with van der Waals surface area (Å²) in [6.45, 7) is 10.4. The van der Waals surface area contributed by atoms with E-state index in [9.17, 15) is 0 Å². The maximum Gasteiger partial charge on any atom is 0.227 e. The van der Waals surface area contributed by atoms with E-state index >= 15 is 0 Å². The number of anilines is 2. The predicted molar refractivity (Wildman–Crippen MR) is 159 cm³/mol. The molecule has 2 aromatic carbocycles. The van der Waals surface area contributed by atoms with Crippen LogP contribution in [0, 0.1) is 6.92 Å². The summed E-state index contributed by atoms with van der Waals surface area (Å²) in [4.78, 5) is 17.7. The van der Waals surface area contributed by atoms with Gasteiger partial charge in [0.05, 0.1) is 12.1 Å². The van der Waals surface area contributed by atoms with E-state index in [-0.39, 0.29) is 0 Å². The molecular formula is C32H45N5O. The van der Waals surface area contributed by atoms with Crippen LogP contribution >= 0.6 is 0 Å². The van der Waals surface area contributed by atoms with Crippen molar-refractivity contribution in [1.29, 1.82) is 0 Å². The number of aromatic nitrogens is 2. The van der Waals surface area contributed by atoms with E-state index in [0.717, 1.165) is 61.0 Å². The van der Waals surface area contributed by atoms with Crippen molar-refractivity contribution in [2.45, 2.75) is 64.7 Å². The molecule has 0 aliphatic carbocycles. The van der Waals surface area contributed by atoms with E-state index in [1.54, 1.807) is 0 Å². The molecule has 0 amide bonds. The van der Waals surface area contributed by atoms with Gasteiger partial charge in [0, 0.05) is 25.0 Å². The third kappa shape index (κ3) is 7.37. The second-order valence-electron chi connectivity index (χ2n) is 11.0. The Morgan fingerprint density at radius 2 is 1.58 bits per heavy atom.